The number of carbonyl (C=O) groups is 1. The van der Waals surface area contributed by atoms with Gasteiger partial charge in [-0.05, 0) is 52.0 Å². The molecule has 0 bridgehead atoms. The van der Waals surface area contributed by atoms with Crippen molar-refractivity contribution in [1.82, 2.24) is 19.1 Å². The summed E-state index contributed by atoms with van der Waals surface area (Å²) in [4.78, 5) is 69.0. The number of rotatable bonds is 17. The van der Waals surface area contributed by atoms with Gasteiger partial charge in [-0.1, -0.05) is 42.0 Å². The lowest BCUT2D eigenvalue weighted by atomic mass is 10.2. The molecule has 2 fully saturated rings. The van der Waals surface area contributed by atoms with Crippen LogP contribution in [0.4, 0.5) is 5.82 Å². The quantitative estimate of drug-likeness (QED) is 0.0643. The summed E-state index contributed by atoms with van der Waals surface area (Å²) in [7, 11) is -5.65. The molecular formula is C30H52N8O13P2S2. The Morgan fingerprint density at radius 2 is 1.62 bits per heavy atom. The lowest BCUT2D eigenvalue weighted by molar-refractivity contribution is -0.138. The van der Waals surface area contributed by atoms with E-state index in [1.54, 1.807) is 64.8 Å². The van der Waals surface area contributed by atoms with Gasteiger partial charge in [0.25, 0.3) is 0 Å². The number of hydrogen-bond donors (Lipinski definition) is 8. The minimum atomic E-state index is -4.49. The SMILES string of the molecule is C=C(N)c1ncn(C2CCC(COP(=O)(O)O)O2)c1/N=C\C.CC(C)SSC(CN)CC(N)C(=O)O.Cc1ccn(C2CCC(COP(=O)(O)O)O2)c(=O)n1. The fraction of sp³-hybridized carbons (Fsp3) is 0.633. The van der Waals surface area contributed by atoms with E-state index < -0.39 is 51.8 Å². The molecule has 21 nitrogen and oxygen atoms in total. The first-order chi connectivity index (χ1) is 25.6. The van der Waals surface area contributed by atoms with E-state index >= 15 is 0 Å². The van der Waals surface area contributed by atoms with Crippen molar-refractivity contribution in [3.05, 3.63) is 47.0 Å². The first-order valence-corrected chi connectivity index (χ1v) is 22.2. The third-order valence-corrected chi connectivity index (χ3v) is 11.8. The number of carboxylic acid groups (broad SMARTS) is 1. The van der Waals surface area contributed by atoms with Crippen LogP contribution in [0.25, 0.3) is 5.70 Å². The maximum atomic E-state index is 11.7. The molecule has 4 rings (SSSR count). The summed E-state index contributed by atoms with van der Waals surface area (Å²) in [6.45, 7) is 11.4. The molecule has 2 aliphatic heterocycles. The largest absolute Gasteiger partial charge is 0.480 e. The van der Waals surface area contributed by atoms with Crippen LogP contribution in [-0.4, -0.2) is 104 Å². The molecule has 2 aliphatic rings. The molecule has 4 heterocycles. The number of aliphatic carboxylic acids is 1. The Morgan fingerprint density at radius 3 is 2.05 bits per heavy atom. The molecular weight excluding hydrogens is 806 g/mol. The van der Waals surface area contributed by atoms with Gasteiger partial charge < -0.3 is 51.4 Å². The van der Waals surface area contributed by atoms with Gasteiger partial charge in [-0.25, -0.2) is 23.9 Å². The van der Waals surface area contributed by atoms with Crippen LogP contribution in [0.15, 0.2) is 35.0 Å². The Kier molecular flexibility index (Phi) is 20.4. The summed E-state index contributed by atoms with van der Waals surface area (Å²) in [6.07, 6.45) is 5.94. The average molecular weight is 859 g/mol. The van der Waals surface area contributed by atoms with E-state index in [1.165, 1.54) is 4.57 Å². The van der Waals surface area contributed by atoms with Crippen LogP contribution in [-0.2, 0) is 32.4 Å². The number of hydrogen-bond acceptors (Lipinski definition) is 16. The predicted molar refractivity (Wildman–Crippen MR) is 208 cm³/mol. The van der Waals surface area contributed by atoms with Crippen LogP contribution >= 0.6 is 37.2 Å². The Labute approximate surface area is 326 Å². The molecule has 11 N–H and O–H groups in total. The van der Waals surface area contributed by atoms with Gasteiger partial charge in [-0.15, -0.1) is 0 Å². The van der Waals surface area contributed by atoms with Crippen molar-refractivity contribution in [2.45, 2.75) is 101 Å². The van der Waals surface area contributed by atoms with Gasteiger partial charge in [-0.2, -0.15) is 4.98 Å². The first-order valence-electron chi connectivity index (χ1n) is 16.9. The topological polar surface area (TPSA) is 332 Å². The number of aryl methyl sites for hydroxylation is 1. The van der Waals surface area contributed by atoms with E-state index in [0.717, 1.165) is 0 Å². The predicted octanol–water partition coefficient (Wildman–Crippen LogP) is 2.57. The van der Waals surface area contributed by atoms with Crippen LogP contribution in [0.5, 0.6) is 0 Å². The van der Waals surface area contributed by atoms with Gasteiger partial charge in [0.2, 0.25) is 0 Å². The zero-order valence-corrected chi connectivity index (χ0v) is 34.3. The maximum Gasteiger partial charge on any atom is 0.469 e. The molecule has 0 aliphatic carbocycles. The van der Waals surface area contributed by atoms with Crippen molar-refractivity contribution in [3.8, 4) is 0 Å². The summed E-state index contributed by atoms with van der Waals surface area (Å²) in [5.41, 5.74) is 17.6. The minimum absolute atomic E-state index is 0.119. The fourth-order valence-electron chi connectivity index (χ4n) is 4.90. The molecule has 312 valence electrons. The second-order valence-electron chi connectivity index (χ2n) is 12.4. The molecule has 0 spiro atoms. The van der Waals surface area contributed by atoms with E-state index in [0.29, 0.717) is 66.8 Å². The minimum Gasteiger partial charge on any atom is -0.480 e. The van der Waals surface area contributed by atoms with Crippen molar-refractivity contribution < 1.29 is 57.1 Å². The smallest absolute Gasteiger partial charge is 0.469 e. The summed E-state index contributed by atoms with van der Waals surface area (Å²) < 4.78 is 44.5. The van der Waals surface area contributed by atoms with Crippen LogP contribution in [0.3, 0.4) is 0 Å². The van der Waals surface area contributed by atoms with Crippen molar-refractivity contribution >= 4 is 60.9 Å². The van der Waals surface area contributed by atoms with Gasteiger partial charge in [0.1, 0.15) is 24.2 Å². The Balaban J connectivity index is 0.000000293. The molecule has 0 saturated carbocycles. The van der Waals surface area contributed by atoms with E-state index in [-0.39, 0.29) is 24.7 Å². The fourth-order valence-corrected chi connectivity index (χ4v) is 7.97. The zero-order valence-electron chi connectivity index (χ0n) is 30.9. The molecule has 55 heavy (non-hydrogen) atoms. The van der Waals surface area contributed by atoms with E-state index in [4.69, 9.17) is 51.4 Å². The van der Waals surface area contributed by atoms with Crippen LogP contribution in [0.2, 0.25) is 0 Å². The normalized spacial score (nSPS) is 21.1. The first kappa shape index (κ1) is 48.7. The van der Waals surface area contributed by atoms with Crippen LogP contribution in [0.1, 0.15) is 76.7 Å². The summed E-state index contributed by atoms with van der Waals surface area (Å²) in [5.74, 6) is -0.421. The highest BCUT2D eigenvalue weighted by Gasteiger charge is 2.32. The molecule has 0 amide bonds. The van der Waals surface area contributed by atoms with Crippen molar-refractivity contribution in [3.63, 3.8) is 0 Å². The van der Waals surface area contributed by atoms with Gasteiger partial charge in [-0.3, -0.25) is 23.0 Å². The van der Waals surface area contributed by atoms with Crippen molar-refractivity contribution in [1.29, 1.82) is 0 Å². The number of phosphoric acid groups is 2. The number of aliphatic imine (C=N–C) groups is 1. The molecule has 2 aromatic rings. The van der Waals surface area contributed by atoms with Crippen LogP contribution < -0.4 is 22.9 Å². The number of carboxylic acids is 1. The highest BCUT2D eigenvalue weighted by Crippen LogP contribution is 2.40. The van der Waals surface area contributed by atoms with E-state index in [9.17, 15) is 18.7 Å². The third-order valence-electron chi connectivity index (χ3n) is 7.42. The second kappa shape index (κ2) is 23.1. The third kappa shape index (κ3) is 18.1. The number of nitrogens with zero attached hydrogens (tertiary/aromatic N) is 5. The van der Waals surface area contributed by atoms with Crippen molar-refractivity contribution in [2.24, 2.45) is 22.2 Å². The molecule has 6 unspecified atom stereocenters. The Hall–Kier alpha value is -2.47. The van der Waals surface area contributed by atoms with Gasteiger partial charge >= 0.3 is 27.3 Å². The second-order valence-corrected chi connectivity index (χ2v) is 18.1. The highest BCUT2D eigenvalue weighted by molar-refractivity contribution is 8.77. The summed E-state index contributed by atoms with van der Waals surface area (Å²) >= 11 is 0. The zero-order chi connectivity index (χ0) is 41.5. The number of nitrogens with two attached hydrogens (primary N) is 3. The summed E-state index contributed by atoms with van der Waals surface area (Å²) in [5, 5.41) is 9.25. The molecule has 0 radical (unpaired) electrons. The molecule has 25 heteroatoms. The van der Waals surface area contributed by atoms with Gasteiger partial charge in [0.15, 0.2) is 5.82 Å². The Bertz CT molecular complexity index is 1720. The molecule has 2 aromatic heterocycles. The standard InChI is InChI=1S/C12H19N4O5P.C10H15N2O6P.C8H18N2O2S2/c1-3-14-12-11(8(2)13)15-7-16(12)10-5-4-9(21-10)6-20-22(17,18)19;1-7-4-5-12(10(13)11-7)9-3-2-8(18-9)6-17-19(14,15)16;1-5(2)13-14-6(4-9)3-7(10)8(11)12/h3,7,9-10H,2,4-6,13H2,1H3,(H2,17,18,19);4-5,8-9H,2-3,6H2,1H3,(H2,14,15,16);5-7H,3-4,9-10H2,1-2H3,(H,11,12)/b14-3-;;. The average Bonchev–Trinajstić information content (AvgIpc) is 3.85. The summed E-state index contributed by atoms with van der Waals surface area (Å²) in [6, 6.07) is 0.897. The number of phosphoric ester groups is 2. The molecule has 0 aromatic carbocycles. The van der Waals surface area contributed by atoms with Crippen molar-refractivity contribution in [2.75, 3.05) is 19.8 Å². The van der Waals surface area contributed by atoms with Gasteiger partial charge in [0.05, 0.1) is 37.4 Å². The number of ether oxygens (including phenoxy) is 2. The molecule has 6 atom stereocenters. The number of aromatic nitrogens is 4. The maximum absolute atomic E-state index is 11.7. The van der Waals surface area contributed by atoms with Crippen LogP contribution in [0, 0.1) is 6.92 Å². The van der Waals surface area contributed by atoms with E-state index in [2.05, 4.69) is 44.4 Å². The van der Waals surface area contributed by atoms with Gasteiger partial charge in [0, 0.05) is 35.2 Å². The molecule has 2 saturated heterocycles. The highest BCUT2D eigenvalue weighted by atomic mass is 33.1. The number of imidazole rings is 1. The monoisotopic (exact) mass is 858 g/mol. The lowest BCUT2D eigenvalue weighted by Gasteiger charge is -2.16. The lowest BCUT2D eigenvalue weighted by Crippen LogP contribution is -2.35. The Morgan fingerprint density at radius 1 is 1.07 bits per heavy atom. The van der Waals surface area contributed by atoms with E-state index in [1.807, 2.05) is 0 Å².